The van der Waals surface area contributed by atoms with E-state index in [1.807, 2.05) is 4.90 Å². The molecule has 3 aliphatic heterocycles. The van der Waals surface area contributed by atoms with Gasteiger partial charge in [-0.05, 0) is 39.7 Å². The molecule has 1 unspecified atom stereocenters. The van der Waals surface area contributed by atoms with Crippen molar-refractivity contribution in [1.29, 1.82) is 0 Å². The smallest absolute Gasteiger partial charge is 0.410 e. The highest BCUT2D eigenvalue weighted by Gasteiger charge is 2.47. The van der Waals surface area contributed by atoms with Crippen LogP contribution in [0.3, 0.4) is 0 Å². The van der Waals surface area contributed by atoms with Crippen molar-refractivity contribution in [3.63, 3.8) is 0 Å². The molecule has 1 saturated carbocycles. The highest BCUT2D eigenvalue weighted by Crippen LogP contribution is 2.41. The first-order valence-electron chi connectivity index (χ1n) is 12.4. The van der Waals surface area contributed by atoms with Crippen molar-refractivity contribution in [1.82, 2.24) is 34.9 Å². The molecule has 5 rings (SSSR count). The van der Waals surface area contributed by atoms with E-state index < -0.39 is 51.5 Å². The van der Waals surface area contributed by atoms with Crippen molar-refractivity contribution < 1.29 is 31.1 Å². The van der Waals surface area contributed by atoms with Crippen molar-refractivity contribution in [3.8, 4) is 0 Å². The number of aromatic nitrogens is 2. The fourth-order valence-corrected chi connectivity index (χ4v) is 6.66. The summed E-state index contributed by atoms with van der Waals surface area (Å²) in [4.78, 5) is 17.6. The molecule has 1 aromatic rings. The molecule has 4 aliphatic rings. The average Bonchev–Trinajstić information content (AvgIpc) is 3.26. The molecule has 16 heteroatoms. The summed E-state index contributed by atoms with van der Waals surface area (Å²) in [6, 6.07) is 0. The fourth-order valence-electron chi connectivity index (χ4n) is 4.44. The number of halogens is 3. The van der Waals surface area contributed by atoms with Gasteiger partial charge in [-0.25, -0.2) is 31.1 Å². The number of carbonyl (C=O) groups is 1. The minimum atomic E-state index is -4.13. The molecule has 39 heavy (non-hydrogen) atoms. The number of piperazine rings is 1. The molecule has 214 valence electrons. The summed E-state index contributed by atoms with van der Waals surface area (Å²) in [6.45, 7) is 6.03. The summed E-state index contributed by atoms with van der Waals surface area (Å²) in [5.41, 5.74) is -0.577. The minimum absolute atomic E-state index is 0.101. The van der Waals surface area contributed by atoms with E-state index in [2.05, 4.69) is 20.2 Å². The lowest BCUT2D eigenvalue weighted by molar-refractivity contribution is 0.0168. The van der Waals surface area contributed by atoms with Crippen LogP contribution < -0.4 is 10.0 Å². The van der Waals surface area contributed by atoms with Crippen LogP contribution in [-0.2, 0) is 14.8 Å². The first kappa shape index (κ1) is 27.7. The zero-order valence-corrected chi connectivity index (χ0v) is 23.3. The highest BCUT2D eigenvalue weighted by atomic mass is 32.2. The van der Waals surface area contributed by atoms with Crippen LogP contribution in [0.4, 0.5) is 18.0 Å². The average molecular weight is 590 g/mol. The second kappa shape index (κ2) is 9.96. The van der Waals surface area contributed by atoms with Gasteiger partial charge in [-0.3, -0.25) is 0 Å². The maximum absolute atomic E-state index is 13.6. The third-order valence-electron chi connectivity index (χ3n) is 6.66. The Kier molecular flexibility index (Phi) is 7.08. The molecule has 0 radical (unpaired) electrons. The predicted molar refractivity (Wildman–Crippen MR) is 136 cm³/mol. The van der Waals surface area contributed by atoms with Gasteiger partial charge in [-0.15, -0.1) is 10.2 Å². The zero-order valence-electron chi connectivity index (χ0n) is 21.7. The molecule has 1 atom stereocenters. The van der Waals surface area contributed by atoms with Crippen LogP contribution in [0.5, 0.6) is 0 Å². The van der Waals surface area contributed by atoms with Crippen LogP contribution >= 0.6 is 11.3 Å². The van der Waals surface area contributed by atoms with Gasteiger partial charge in [0.15, 0.2) is 16.2 Å². The highest BCUT2D eigenvalue weighted by molar-refractivity contribution is 7.93. The Morgan fingerprint density at radius 3 is 2.49 bits per heavy atom. The number of ether oxygens (including phenoxy) is 1. The normalized spacial score (nSPS) is 22.7. The van der Waals surface area contributed by atoms with E-state index >= 15 is 0 Å². The van der Waals surface area contributed by atoms with Gasteiger partial charge >= 0.3 is 6.09 Å². The number of hydrogen-bond donors (Lipinski definition) is 2. The lowest BCUT2D eigenvalue weighted by Gasteiger charge is -2.40. The SMILES string of the molecule is CC(C)(C)OC(=O)N1CCN(C2=CC(S(=O)(=O)NC3(CF)CC3)=CN3C2=CNC3c2nnc(C(F)F)s2)CC1. The van der Waals surface area contributed by atoms with Crippen LogP contribution in [0.1, 0.15) is 56.2 Å². The lowest BCUT2D eigenvalue weighted by Crippen LogP contribution is -2.50. The summed E-state index contributed by atoms with van der Waals surface area (Å²) in [5, 5.41) is 10.3. The van der Waals surface area contributed by atoms with E-state index in [0.29, 0.717) is 50.4 Å². The van der Waals surface area contributed by atoms with E-state index in [0.717, 1.165) is 11.3 Å². The number of sulfonamides is 1. The Hall–Kier alpha value is -2.85. The third-order valence-corrected chi connectivity index (χ3v) is 9.19. The minimum Gasteiger partial charge on any atom is -0.444 e. The van der Waals surface area contributed by atoms with Crippen molar-refractivity contribution in [2.75, 3.05) is 32.9 Å². The molecule has 1 amide bonds. The number of fused-ring (bicyclic) bond motifs is 1. The first-order valence-corrected chi connectivity index (χ1v) is 14.7. The molecule has 1 aliphatic carbocycles. The zero-order chi connectivity index (χ0) is 28.2. The predicted octanol–water partition coefficient (Wildman–Crippen LogP) is 2.93. The Morgan fingerprint density at radius 2 is 1.92 bits per heavy atom. The molecule has 11 nitrogen and oxygen atoms in total. The van der Waals surface area contributed by atoms with Crippen LogP contribution in [0.15, 0.2) is 34.8 Å². The number of carbonyl (C=O) groups excluding carboxylic acids is 1. The molecule has 0 spiro atoms. The van der Waals surface area contributed by atoms with E-state index in [-0.39, 0.29) is 9.91 Å². The second-order valence-electron chi connectivity index (χ2n) is 10.8. The van der Waals surface area contributed by atoms with E-state index in [1.165, 1.54) is 12.3 Å². The van der Waals surface area contributed by atoms with Gasteiger partial charge < -0.3 is 24.8 Å². The Morgan fingerprint density at radius 1 is 1.23 bits per heavy atom. The summed E-state index contributed by atoms with van der Waals surface area (Å²) in [7, 11) is -4.13. The van der Waals surface area contributed by atoms with Gasteiger partial charge in [-0.1, -0.05) is 11.3 Å². The van der Waals surface area contributed by atoms with Crippen molar-refractivity contribution >= 4 is 27.5 Å². The van der Waals surface area contributed by atoms with Gasteiger partial charge in [0.05, 0.1) is 16.9 Å². The number of rotatable bonds is 7. The van der Waals surface area contributed by atoms with E-state index in [4.69, 9.17) is 4.74 Å². The Labute approximate surface area is 228 Å². The van der Waals surface area contributed by atoms with Gasteiger partial charge in [0.25, 0.3) is 6.43 Å². The lowest BCUT2D eigenvalue weighted by atomic mass is 10.1. The van der Waals surface area contributed by atoms with Crippen LogP contribution in [0.25, 0.3) is 0 Å². The number of allylic oxidation sites excluding steroid dienone is 1. The first-order chi connectivity index (χ1) is 18.3. The van der Waals surface area contributed by atoms with Crippen molar-refractivity contribution in [2.24, 2.45) is 0 Å². The van der Waals surface area contributed by atoms with Crippen molar-refractivity contribution in [3.05, 3.63) is 44.8 Å². The fraction of sp³-hybridized carbons (Fsp3) is 0.609. The van der Waals surface area contributed by atoms with Crippen LogP contribution in [0, 0.1) is 0 Å². The van der Waals surface area contributed by atoms with Crippen LogP contribution in [-0.4, -0.2) is 83.4 Å². The quantitative estimate of drug-likeness (QED) is 0.495. The molecule has 0 aromatic carbocycles. The summed E-state index contributed by atoms with van der Waals surface area (Å²) in [6.07, 6.45) is 1.39. The van der Waals surface area contributed by atoms with Gasteiger partial charge in [0.2, 0.25) is 10.0 Å². The summed E-state index contributed by atoms with van der Waals surface area (Å²) >= 11 is 0.726. The van der Waals surface area contributed by atoms with Crippen molar-refractivity contribution in [2.45, 2.75) is 57.3 Å². The standard InChI is InChI=1S/C23H30F3N7O4S2/c1-22(2,3)37-21(34)32-8-6-31(7-9-32)15-10-14(39(35,36)30-23(13-24)4-5-23)12-33-16(15)11-27-18(33)20-29-28-19(38-20)17(25)26/h10-12,17-18,27,30H,4-9,13H2,1-3H3. The molecule has 2 N–H and O–H groups in total. The number of hydrogen-bond acceptors (Lipinski definition) is 10. The molecule has 1 aromatic heterocycles. The van der Waals surface area contributed by atoms with Gasteiger partial charge in [0.1, 0.15) is 17.2 Å². The topological polar surface area (TPSA) is 120 Å². The Bertz CT molecular complexity index is 1330. The summed E-state index contributed by atoms with van der Waals surface area (Å²) in [5.74, 6) is 0. The molecular formula is C23H30F3N7O4S2. The number of amides is 1. The van der Waals surface area contributed by atoms with Gasteiger partial charge in [-0.2, -0.15) is 0 Å². The largest absolute Gasteiger partial charge is 0.444 e. The molecule has 1 saturated heterocycles. The molecule has 2 fully saturated rings. The molecule has 4 heterocycles. The number of alkyl halides is 3. The van der Waals surface area contributed by atoms with E-state index in [9.17, 15) is 26.4 Å². The summed E-state index contributed by atoms with van der Waals surface area (Å²) < 4.78 is 74.6. The Balaban J connectivity index is 1.42. The molecule has 0 bridgehead atoms. The van der Waals surface area contributed by atoms with Crippen LogP contribution in [0.2, 0.25) is 0 Å². The van der Waals surface area contributed by atoms with Gasteiger partial charge in [0, 0.05) is 38.6 Å². The maximum atomic E-state index is 13.6. The monoisotopic (exact) mass is 589 g/mol. The molecular weight excluding hydrogens is 559 g/mol. The van der Waals surface area contributed by atoms with E-state index in [1.54, 1.807) is 36.8 Å². The maximum Gasteiger partial charge on any atom is 0.410 e. The number of nitrogens with one attached hydrogen (secondary N) is 2. The third kappa shape index (κ3) is 5.72. The number of nitrogens with zero attached hydrogens (tertiary/aromatic N) is 5. The second-order valence-corrected chi connectivity index (χ2v) is 13.5.